The third-order valence-electron chi connectivity index (χ3n) is 3.14. The quantitative estimate of drug-likeness (QED) is 0.691. The fourth-order valence-electron chi connectivity index (χ4n) is 2.25. The van der Waals surface area contributed by atoms with Gasteiger partial charge in [0.2, 0.25) is 0 Å². The molecule has 0 unspecified atom stereocenters. The lowest BCUT2D eigenvalue weighted by molar-refractivity contribution is 0.419. The Kier molecular flexibility index (Phi) is 3.63. The zero-order valence-corrected chi connectivity index (χ0v) is 12.8. The summed E-state index contributed by atoms with van der Waals surface area (Å²) in [5, 5.41) is 1.06. The first-order valence-electron chi connectivity index (χ1n) is 6.22. The average Bonchev–Trinajstić information content (AvgIpc) is 3.03. The highest BCUT2D eigenvalue weighted by Gasteiger charge is 2.14. The van der Waals surface area contributed by atoms with Crippen LogP contribution in [0.3, 0.4) is 0 Å². The fourth-order valence-corrected chi connectivity index (χ4v) is 3.23. The molecular formula is C14H14ClN3OS. The summed E-state index contributed by atoms with van der Waals surface area (Å²) in [6.07, 6.45) is 1.91. The minimum atomic E-state index is 0.371. The lowest BCUT2D eigenvalue weighted by Crippen LogP contribution is -2.02. The lowest BCUT2D eigenvalue weighted by atomic mass is 10.3. The summed E-state index contributed by atoms with van der Waals surface area (Å²) in [4.78, 5) is 10.1. The predicted octanol–water partition coefficient (Wildman–Crippen LogP) is 3.60. The first-order valence-corrected chi connectivity index (χ1v) is 7.57. The Labute approximate surface area is 126 Å². The number of aryl methyl sites for hydroxylation is 1. The number of methoxy groups -OCH3 is 1. The van der Waals surface area contributed by atoms with Gasteiger partial charge in [0.25, 0.3) is 0 Å². The van der Waals surface area contributed by atoms with E-state index in [1.54, 1.807) is 18.4 Å². The number of rotatable bonds is 4. The van der Waals surface area contributed by atoms with Crippen molar-refractivity contribution in [3.8, 4) is 5.75 Å². The number of para-hydroxylation sites is 1. The van der Waals surface area contributed by atoms with Gasteiger partial charge in [0.1, 0.15) is 17.1 Å². The van der Waals surface area contributed by atoms with Gasteiger partial charge in [-0.15, -0.1) is 22.9 Å². The van der Waals surface area contributed by atoms with Crippen LogP contribution in [-0.4, -0.2) is 21.6 Å². The molecule has 2 aromatic heterocycles. The van der Waals surface area contributed by atoms with Gasteiger partial charge in [-0.1, -0.05) is 6.07 Å². The molecule has 6 heteroatoms. The molecular weight excluding hydrogens is 294 g/mol. The van der Waals surface area contributed by atoms with Gasteiger partial charge in [-0.05, 0) is 19.1 Å². The van der Waals surface area contributed by atoms with E-state index in [1.165, 1.54) is 4.88 Å². The second kappa shape index (κ2) is 5.42. The monoisotopic (exact) mass is 307 g/mol. The number of ether oxygens (including phenoxy) is 1. The molecule has 4 nitrogen and oxygen atoms in total. The van der Waals surface area contributed by atoms with Crippen LogP contribution >= 0.6 is 22.9 Å². The van der Waals surface area contributed by atoms with Gasteiger partial charge in [-0.2, -0.15) is 0 Å². The van der Waals surface area contributed by atoms with E-state index in [-0.39, 0.29) is 0 Å². The molecule has 0 fully saturated rings. The molecule has 20 heavy (non-hydrogen) atoms. The molecule has 0 N–H and O–H groups in total. The molecule has 2 heterocycles. The number of benzene rings is 1. The first-order chi connectivity index (χ1) is 9.72. The van der Waals surface area contributed by atoms with Crippen LogP contribution in [0.15, 0.2) is 24.4 Å². The van der Waals surface area contributed by atoms with Crippen LogP contribution in [0, 0.1) is 6.92 Å². The maximum atomic E-state index is 6.03. The highest BCUT2D eigenvalue weighted by molar-refractivity contribution is 7.11. The van der Waals surface area contributed by atoms with Crippen LogP contribution in [0.4, 0.5) is 0 Å². The van der Waals surface area contributed by atoms with Gasteiger partial charge in [0.05, 0.1) is 30.1 Å². The summed E-state index contributed by atoms with van der Waals surface area (Å²) in [5.41, 5.74) is 1.89. The third kappa shape index (κ3) is 2.27. The van der Waals surface area contributed by atoms with E-state index >= 15 is 0 Å². The Morgan fingerprint density at radius 3 is 2.90 bits per heavy atom. The van der Waals surface area contributed by atoms with Crippen molar-refractivity contribution >= 4 is 34.0 Å². The number of alkyl halides is 1. The molecule has 104 valence electrons. The summed E-state index contributed by atoms with van der Waals surface area (Å²) in [6, 6.07) is 5.92. The SMILES string of the molecule is COc1cccc2c1nc(CCl)n2Cc1cnc(C)s1. The van der Waals surface area contributed by atoms with Crippen LogP contribution < -0.4 is 4.74 Å². The zero-order valence-electron chi connectivity index (χ0n) is 11.3. The largest absolute Gasteiger partial charge is 0.494 e. The number of imidazole rings is 1. The summed E-state index contributed by atoms with van der Waals surface area (Å²) in [6.45, 7) is 2.74. The zero-order chi connectivity index (χ0) is 14.1. The molecule has 0 radical (unpaired) electrons. The van der Waals surface area contributed by atoms with E-state index in [0.717, 1.165) is 34.2 Å². The molecule has 0 saturated carbocycles. The molecule has 3 aromatic rings. The van der Waals surface area contributed by atoms with E-state index in [2.05, 4.69) is 14.5 Å². The van der Waals surface area contributed by atoms with Gasteiger partial charge >= 0.3 is 0 Å². The smallest absolute Gasteiger partial charge is 0.146 e. The van der Waals surface area contributed by atoms with Gasteiger partial charge in [0.15, 0.2) is 0 Å². The molecule has 0 saturated heterocycles. The number of hydrogen-bond acceptors (Lipinski definition) is 4. The summed E-state index contributed by atoms with van der Waals surface area (Å²) in [7, 11) is 1.65. The number of thiazole rings is 1. The Morgan fingerprint density at radius 2 is 2.25 bits per heavy atom. The Morgan fingerprint density at radius 1 is 1.40 bits per heavy atom. The van der Waals surface area contributed by atoms with Crippen LogP contribution in [0.1, 0.15) is 15.7 Å². The topological polar surface area (TPSA) is 39.9 Å². The van der Waals surface area contributed by atoms with Crippen molar-refractivity contribution in [3.05, 3.63) is 40.1 Å². The van der Waals surface area contributed by atoms with Crippen molar-refractivity contribution in [1.82, 2.24) is 14.5 Å². The van der Waals surface area contributed by atoms with E-state index in [0.29, 0.717) is 5.88 Å². The highest BCUT2D eigenvalue weighted by Crippen LogP contribution is 2.27. The molecule has 0 aliphatic carbocycles. The van der Waals surface area contributed by atoms with Crippen molar-refractivity contribution in [2.45, 2.75) is 19.3 Å². The van der Waals surface area contributed by atoms with Gasteiger partial charge in [-0.25, -0.2) is 9.97 Å². The molecule has 0 bridgehead atoms. The highest BCUT2D eigenvalue weighted by atomic mass is 35.5. The van der Waals surface area contributed by atoms with Gasteiger partial charge in [0, 0.05) is 11.1 Å². The predicted molar refractivity (Wildman–Crippen MR) is 81.8 cm³/mol. The maximum absolute atomic E-state index is 6.03. The molecule has 1 aromatic carbocycles. The summed E-state index contributed by atoms with van der Waals surface area (Å²) >= 11 is 7.72. The van der Waals surface area contributed by atoms with Crippen LogP contribution in [0.25, 0.3) is 11.0 Å². The molecule has 0 atom stereocenters. The Balaban J connectivity index is 2.13. The van der Waals surface area contributed by atoms with Crippen LogP contribution in [0.2, 0.25) is 0 Å². The number of nitrogens with zero attached hydrogens (tertiary/aromatic N) is 3. The van der Waals surface area contributed by atoms with Gasteiger partial charge < -0.3 is 9.30 Å². The summed E-state index contributed by atoms with van der Waals surface area (Å²) < 4.78 is 7.49. The van der Waals surface area contributed by atoms with Crippen LogP contribution in [-0.2, 0) is 12.4 Å². The van der Waals surface area contributed by atoms with Crippen molar-refractivity contribution in [1.29, 1.82) is 0 Å². The molecule has 0 aliphatic rings. The summed E-state index contributed by atoms with van der Waals surface area (Å²) in [5.74, 6) is 1.99. The van der Waals surface area contributed by atoms with Gasteiger partial charge in [-0.3, -0.25) is 0 Å². The van der Waals surface area contributed by atoms with E-state index in [9.17, 15) is 0 Å². The minimum Gasteiger partial charge on any atom is -0.494 e. The van der Waals surface area contributed by atoms with Crippen molar-refractivity contribution in [3.63, 3.8) is 0 Å². The number of fused-ring (bicyclic) bond motifs is 1. The molecule has 0 spiro atoms. The number of halogens is 1. The molecule has 3 rings (SSSR count). The van der Waals surface area contributed by atoms with Crippen molar-refractivity contribution in [2.24, 2.45) is 0 Å². The number of aromatic nitrogens is 3. The molecule has 0 amide bonds. The maximum Gasteiger partial charge on any atom is 0.146 e. The molecule has 0 aliphatic heterocycles. The van der Waals surface area contributed by atoms with Crippen molar-refractivity contribution < 1.29 is 4.74 Å². The first kappa shape index (κ1) is 13.4. The van der Waals surface area contributed by atoms with E-state index in [4.69, 9.17) is 16.3 Å². The standard InChI is InChI=1S/C14H14ClN3OS/c1-9-16-7-10(20-9)8-18-11-4-3-5-12(19-2)14(11)17-13(18)6-15/h3-5,7H,6,8H2,1-2H3. The Hall–Kier alpha value is -1.59. The normalized spacial score (nSPS) is 11.2. The van der Waals surface area contributed by atoms with E-state index in [1.807, 2.05) is 31.3 Å². The second-order valence-electron chi connectivity index (χ2n) is 4.42. The minimum absolute atomic E-state index is 0.371. The number of hydrogen-bond donors (Lipinski definition) is 0. The third-order valence-corrected chi connectivity index (χ3v) is 4.28. The fraction of sp³-hybridized carbons (Fsp3) is 0.286. The van der Waals surface area contributed by atoms with E-state index < -0.39 is 0 Å². The average molecular weight is 308 g/mol. The van der Waals surface area contributed by atoms with Crippen molar-refractivity contribution in [2.75, 3.05) is 7.11 Å². The Bertz CT molecular complexity index is 750. The second-order valence-corrected chi connectivity index (χ2v) is 6.01. The lowest BCUT2D eigenvalue weighted by Gasteiger charge is -2.06. The van der Waals surface area contributed by atoms with Crippen LogP contribution in [0.5, 0.6) is 5.75 Å².